The molecule has 0 radical (unpaired) electrons. The van der Waals surface area contributed by atoms with Gasteiger partial charge in [-0.1, -0.05) is 32.0 Å². The Kier molecular flexibility index (Phi) is 5.20. The fourth-order valence-corrected chi connectivity index (χ4v) is 5.11. The van der Waals surface area contributed by atoms with Gasteiger partial charge in [0.05, 0.1) is 11.4 Å². The molecular formula is C28H28FN5O. The average Bonchev–Trinajstić information content (AvgIpc) is 3.51. The van der Waals surface area contributed by atoms with E-state index in [-0.39, 0.29) is 11.7 Å². The number of hydrogen-bond donors (Lipinski definition) is 2. The first kappa shape index (κ1) is 21.6. The molecule has 0 spiro atoms. The molecular weight excluding hydrogens is 441 g/mol. The van der Waals surface area contributed by atoms with Crippen molar-refractivity contribution in [3.63, 3.8) is 0 Å². The Balaban J connectivity index is 1.37. The molecule has 4 heterocycles. The molecule has 0 saturated heterocycles. The van der Waals surface area contributed by atoms with Gasteiger partial charge < -0.3 is 19.8 Å². The molecule has 0 bridgehead atoms. The number of hydrogen-bond acceptors (Lipinski definition) is 3. The number of imidazole rings is 1. The molecule has 4 aromatic rings. The summed E-state index contributed by atoms with van der Waals surface area (Å²) in [6.45, 7) is 6.34. The van der Waals surface area contributed by atoms with Crippen molar-refractivity contribution in [3.05, 3.63) is 88.8 Å². The van der Waals surface area contributed by atoms with Crippen molar-refractivity contribution >= 4 is 28.3 Å². The fraction of sp³-hybridized carbons (Fsp3) is 0.286. The number of nitrogens with one attached hydrogen (secondary N) is 2. The average molecular weight is 470 g/mol. The summed E-state index contributed by atoms with van der Waals surface area (Å²) in [5, 5.41) is 7.55. The van der Waals surface area contributed by atoms with E-state index < -0.39 is 0 Å². The van der Waals surface area contributed by atoms with Crippen LogP contribution < -0.4 is 10.6 Å². The lowest BCUT2D eigenvalue weighted by atomic mass is 10.0. The second-order valence-electron chi connectivity index (χ2n) is 9.66. The van der Waals surface area contributed by atoms with Gasteiger partial charge in [0, 0.05) is 30.5 Å². The standard InChI is InChI=1S/C28H28FN5O/c1-17(2)19-8-9-24-20(14-19)15-25(34(24)16-18-5-3-6-21(29)13-18)28(35)32-23-10-12-33-26-22(31-27(23)33)7-4-11-30-26/h3,5-6,8-10,13-15,17,30H,4,7,11-12,16H2,1-2H3,(H,32,35). The summed E-state index contributed by atoms with van der Waals surface area (Å²) in [6, 6.07) is 14.8. The van der Waals surface area contributed by atoms with Gasteiger partial charge in [-0.3, -0.25) is 4.79 Å². The highest BCUT2D eigenvalue weighted by Gasteiger charge is 2.27. The SMILES string of the molecule is CC(C)c1ccc2c(c1)cc(C(=O)NC1=CCn3c1nc1c3NCCC1)n2Cc1cccc(F)c1. The number of aromatic nitrogens is 3. The van der Waals surface area contributed by atoms with Crippen LogP contribution in [0.25, 0.3) is 16.6 Å². The second-order valence-corrected chi connectivity index (χ2v) is 9.66. The van der Waals surface area contributed by atoms with Crippen molar-refractivity contribution in [2.75, 3.05) is 11.9 Å². The van der Waals surface area contributed by atoms with Crippen LogP contribution in [-0.4, -0.2) is 26.6 Å². The van der Waals surface area contributed by atoms with Gasteiger partial charge >= 0.3 is 0 Å². The molecule has 1 amide bonds. The molecule has 6 nitrogen and oxygen atoms in total. The van der Waals surface area contributed by atoms with E-state index in [2.05, 4.69) is 47.2 Å². The third-order valence-electron chi connectivity index (χ3n) is 6.94. The van der Waals surface area contributed by atoms with Crippen LogP contribution in [0.4, 0.5) is 10.2 Å². The monoisotopic (exact) mass is 469 g/mol. The van der Waals surface area contributed by atoms with E-state index in [0.29, 0.717) is 24.7 Å². The molecule has 2 aromatic heterocycles. The Morgan fingerprint density at radius 1 is 1.20 bits per heavy atom. The zero-order chi connectivity index (χ0) is 24.1. The van der Waals surface area contributed by atoms with Gasteiger partial charge in [-0.2, -0.15) is 0 Å². The number of carbonyl (C=O) groups is 1. The van der Waals surface area contributed by atoms with E-state index in [0.717, 1.165) is 58.9 Å². The Hall–Kier alpha value is -3.87. The van der Waals surface area contributed by atoms with Crippen molar-refractivity contribution in [1.82, 2.24) is 19.4 Å². The lowest BCUT2D eigenvalue weighted by Gasteiger charge is -2.14. The summed E-state index contributed by atoms with van der Waals surface area (Å²) in [5.74, 6) is 1.76. The largest absolute Gasteiger partial charge is 0.370 e. The molecule has 178 valence electrons. The van der Waals surface area contributed by atoms with E-state index in [1.807, 2.05) is 22.8 Å². The first-order chi connectivity index (χ1) is 17.0. The normalized spacial score (nSPS) is 14.6. The van der Waals surface area contributed by atoms with Crippen LogP contribution in [-0.2, 0) is 19.5 Å². The molecule has 6 rings (SSSR count). The molecule has 0 saturated carbocycles. The minimum Gasteiger partial charge on any atom is -0.370 e. The Labute approximate surface area is 203 Å². The van der Waals surface area contributed by atoms with Crippen molar-refractivity contribution in [2.45, 2.75) is 45.7 Å². The Morgan fingerprint density at radius 2 is 2.09 bits per heavy atom. The highest BCUT2D eigenvalue weighted by atomic mass is 19.1. The topological polar surface area (TPSA) is 63.9 Å². The Bertz CT molecular complexity index is 1490. The Morgan fingerprint density at radius 3 is 2.91 bits per heavy atom. The highest BCUT2D eigenvalue weighted by Crippen LogP contribution is 2.31. The molecule has 0 atom stereocenters. The minimum atomic E-state index is -0.285. The summed E-state index contributed by atoms with van der Waals surface area (Å²) < 4.78 is 18.0. The number of rotatable bonds is 5. The lowest BCUT2D eigenvalue weighted by molar-refractivity contribution is 0.0965. The van der Waals surface area contributed by atoms with Gasteiger partial charge in [0.15, 0.2) is 5.82 Å². The zero-order valence-corrected chi connectivity index (χ0v) is 19.9. The van der Waals surface area contributed by atoms with Crippen LogP contribution in [0.2, 0.25) is 0 Å². The molecule has 35 heavy (non-hydrogen) atoms. The number of halogens is 1. The van der Waals surface area contributed by atoms with E-state index in [1.165, 1.54) is 17.7 Å². The van der Waals surface area contributed by atoms with Crippen molar-refractivity contribution in [3.8, 4) is 0 Å². The molecule has 2 N–H and O–H groups in total. The van der Waals surface area contributed by atoms with Crippen molar-refractivity contribution in [1.29, 1.82) is 0 Å². The van der Waals surface area contributed by atoms with Crippen molar-refractivity contribution in [2.24, 2.45) is 0 Å². The van der Waals surface area contributed by atoms with Gasteiger partial charge in [-0.15, -0.1) is 0 Å². The minimum absolute atomic E-state index is 0.197. The second kappa shape index (κ2) is 8.41. The number of amides is 1. The molecule has 0 aliphatic carbocycles. The number of fused-ring (bicyclic) bond motifs is 4. The molecule has 0 unspecified atom stereocenters. The van der Waals surface area contributed by atoms with Crippen LogP contribution in [0, 0.1) is 5.82 Å². The van der Waals surface area contributed by atoms with E-state index in [1.54, 1.807) is 6.07 Å². The van der Waals surface area contributed by atoms with Gasteiger partial charge in [0.1, 0.15) is 17.3 Å². The van der Waals surface area contributed by atoms with E-state index >= 15 is 0 Å². The fourth-order valence-electron chi connectivity index (χ4n) is 5.11. The molecule has 2 aliphatic rings. The number of benzene rings is 2. The van der Waals surface area contributed by atoms with Gasteiger partial charge in [0.25, 0.3) is 5.91 Å². The molecule has 0 fully saturated rings. The molecule has 2 aliphatic heterocycles. The number of allylic oxidation sites excluding steroid dienone is 1. The summed E-state index contributed by atoms with van der Waals surface area (Å²) in [6.07, 6.45) is 4.02. The molecule has 2 aromatic carbocycles. The third kappa shape index (κ3) is 3.81. The number of aryl methyl sites for hydroxylation is 1. The van der Waals surface area contributed by atoms with E-state index in [4.69, 9.17) is 4.98 Å². The maximum absolute atomic E-state index is 13.9. The number of nitrogens with zero attached hydrogens (tertiary/aromatic N) is 3. The predicted octanol–water partition coefficient (Wildman–Crippen LogP) is 5.29. The number of carbonyl (C=O) groups excluding carboxylic acids is 1. The summed E-state index contributed by atoms with van der Waals surface area (Å²) in [5.41, 5.74) is 5.30. The van der Waals surface area contributed by atoms with Crippen LogP contribution in [0.3, 0.4) is 0 Å². The zero-order valence-electron chi connectivity index (χ0n) is 19.9. The maximum atomic E-state index is 13.9. The summed E-state index contributed by atoms with van der Waals surface area (Å²) in [7, 11) is 0. The summed E-state index contributed by atoms with van der Waals surface area (Å²) in [4.78, 5) is 18.4. The van der Waals surface area contributed by atoms with Gasteiger partial charge in [-0.25, -0.2) is 9.37 Å². The first-order valence-corrected chi connectivity index (χ1v) is 12.2. The van der Waals surface area contributed by atoms with Crippen molar-refractivity contribution < 1.29 is 9.18 Å². The molecule has 7 heteroatoms. The third-order valence-corrected chi connectivity index (χ3v) is 6.94. The predicted molar refractivity (Wildman–Crippen MR) is 136 cm³/mol. The van der Waals surface area contributed by atoms with Gasteiger partial charge in [-0.05, 0) is 66.3 Å². The van der Waals surface area contributed by atoms with E-state index in [9.17, 15) is 9.18 Å². The van der Waals surface area contributed by atoms with Crippen LogP contribution >= 0.6 is 0 Å². The lowest BCUT2D eigenvalue weighted by Crippen LogP contribution is -2.25. The van der Waals surface area contributed by atoms with Crippen LogP contribution in [0.5, 0.6) is 0 Å². The number of anilines is 1. The first-order valence-electron chi connectivity index (χ1n) is 12.2. The highest BCUT2D eigenvalue weighted by molar-refractivity contribution is 6.02. The van der Waals surface area contributed by atoms with Gasteiger partial charge in [0.2, 0.25) is 0 Å². The summed E-state index contributed by atoms with van der Waals surface area (Å²) >= 11 is 0. The maximum Gasteiger partial charge on any atom is 0.272 e. The van der Waals surface area contributed by atoms with Crippen LogP contribution in [0.15, 0.2) is 54.6 Å². The quantitative estimate of drug-likeness (QED) is 0.417. The van der Waals surface area contributed by atoms with Crippen LogP contribution in [0.1, 0.15) is 59.3 Å². The smallest absolute Gasteiger partial charge is 0.272 e.